The molecule has 4 rings (SSSR count). The molecule has 0 saturated carbocycles. The van der Waals surface area contributed by atoms with E-state index in [2.05, 4.69) is 62.2 Å². The molecular weight excluding hydrogens is 408 g/mol. The van der Waals surface area contributed by atoms with Gasteiger partial charge < -0.3 is 9.47 Å². The number of aromatic nitrogens is 1. The summed E-state index contributed by atoms with van der Waals surface area (Å²) < 4.78 is 1.93. The smallest absolute Gasteiger partial charge is 0.273 e. The number of fused-ring (bicyclic) bond motifs is 1. The lowest BCUT2D eigenvalue weighted by Gasteiger charge is -2.48. The predicted octanol–water partition coefficient (Wildman–Crippen LogP) is 6.05. The van der Waals surface area contributed by atoms with Crippen LogP contribution in [-0.2, 0) is 0 Å². The molecule has 1 amide bonds. The number of anilines is 1. The minimum absolute atomic E-state index is 0.144. The van der Waals surface area contributed by atoms with Crippen molar-refractivity contribution < 1.29 is 4.79 Å². The number of aryl methyl sites for hydroxylation is 1. The number of amides is 1. The normalized spacial score (nSPS) is 17.2. The van der Waals surface area contributed by atoms with E-state index in [-0.39, 0.29) is 11.4 Å². The quantitative estimate of drug-likeness (QED) is 0.373. The largest absolute Gasteiger partial charge is 0.366 e. The van der Waals surface area contributed by atoms with Crippen LogP contribution in [0.5, 0.6) is 0 Å². The molecule has 0 fully saturated rings. The molecule has 0 bridgehead atoms. The Balaban J connectivity index is 1.57. The van der Waals surface area contributed by atoms with Gasteiger partial charge in [0.15, 0.2) is 0 Å². The van der Waals surface area contributed by atoms with Crippen molar-refractivity contribution in [3.05, 3.63) is 83.2 Å². The summed E-state index contributed by atoms with van der Waals surface area (Å²) in [5.74, 6) is 0.245. The van der Waals surface area contributed by atoms with Crippen molar-refractivity contribution in [3.8, 4) is 5.69 Å². The second kappa shape index (κ2) is 9.26. The van der Waals surface area contributed by atoms with Crippen LogP contribution in [0.15, 0.2) is 66.0 Å². The average Bonchev–Trinajstić information content (AvgIpc) is 3.32. The molecule has 1 unspecified atom stereocenters. The highest BCUT2D eigenvalue weighted by molar-refractivity contribution is 5.98. The topological polar surface area (TPSA) is 49.6 Å². The van der Waals surface area contributed by atoms with Crippen LogP contribution in [0, 0.1) is 6.92 Å². The first-order valence-corrected chi connectivity index (χ1v) is 11.8. The van der Waals surface area contributed by atoms with Crippen LogP contribution in [-0.4, -0.2) is 28.8 Å². The number of nitrogens with zero attached hydrogens (tertiary/aromatic N) is 3. The van der Waals surface area contributed by atoms with Crippen molar-refractivity contribution in [1.29, 1.82) is 0 Å². The van der Waals surface area contributed by atoms with E-state index >= 15 is 0 Å². The Labute approximate surface area is 197 Å². The van der Waals surface area contributed by atoms with Gasteiger partial charge in [0.2, 0.25) is 0 Å². The molecule has 1 atom stereocenters. The lowest BCUT2D eigenvalue weighted by Crippen LogP contribution is -2.48. The zero-order valence-corrected chi connectivity index (χ0v) is 20.3. The van der Waals surface area contributed by atoms with E-state index in [1.54, 1.807) is 6.21 Å². The summed E-state index contributed by atoms with van der Waals surface area (Å²) in [5, 5.41) is 4.31. The molecule has 2 aromatic carbocycles. The summed E-state index contributed by atoms with van der Waals surface area (Å²) in [5.41, 5.74) is 9.16. The molecule has 1 N–H and O–H groups in total. The number of rotatable bonds is 6. The Bertz CT molecular complexity index is 1160. The fourth-order valence-electron chi connectivity index (χ4n) is 5.04. The van der Waals surface area contributed by atoms with Crippen LogP contribution in [0.3, 0.4) is 0 Å². The first kappa shape index (κ1) is 22.8. The zero-order chi connectivity index (χ0) is 23.6. The Kier molecular flexibility index (Phi) is 6.41. The van der Waals surface area contributed by atoms with Gasteiger partial charge >= 0.3 is 0 Å². The van der Waals surface area contributed by atoms with E-state index < -0.39 is 0 Å². The van der Waals surface area contributed by atoms with Gasteiger partial charge in [0.05, 0.1) is 17.5 Å². The van der Waals surface area contributed by atoms with Crippen LogP contribution in [0.2, 0.25) is 0 Å². The molecule has 0 spiro atoms. The lowest BCUT2D eigenvalue weighted by atomic mass is 9.79. The molecular formula is C28H34N4O. The maximum absolute atomic E-state index is 12.9. The van der Waals surface area contributed by atoms with Crippen molar-refractivity contribution in [2.45, 2.75) is 58.9 Å². The average molecular weight is 443 g/mol. The summed E-state index contributed by atoms with van der Waals surface area (Å²) in [7, 11) is 0. The molecule has 5 nitrogen and oxygen atoms in total. The number of hydrogen-bond acceptors (Lipinski definition) is 3. The third kappa shape index (κ3) is 4.58. The number of nitrogens with one attached hydrogen (secondary N) is 1. The molecule has 0 saturated heterocycles. The highest BCUT2D eigenvalue weighted by Gasteiger charge is 2.36. The van der Waals surface area contributed by atoms with Crippen molar-refractivity contribution >= 4 is 17.8 Å². The number of benzene rings is 2. The van der Waals surface area contributed by atoms with E-state index in [0.717, 1.165) is 36.2 Å². The maximum atomic E-state index is 12.9. The third-order valence-corrected chi connectivity index (χ3v) is 6.62. The van der Waals surface area contributed by atoms with Gasteiger partial charge in [-0.3, -0.25) is 4.79 Å². The van der Waals surface area contributed by atoms with Crippen LogP contribution in [0.4, 0.5) is 5.69 Å². The Morgan fingerprint density at radius 1 is 1.15 bits per heavy atom. The minimum atomic E-state index is -0.226. The number of carbonyl (C=O) groups excluding carboxylic acids is 1. The maximum Gasteiger partial charge on any atom is 0.273 e. The molecule has 1 aliphatic rings. The second-order valence-electron chi connectivity index (χ2n) is 9.64. The van der Waals surface area contributed by atoms with E-state index in [0.29, 0.717) is 11.5 Å². The summed E-state index contributed by atoms with van der Waals surface area (Å²) in [6.45, 7) is 12.4. The molecule has 3 aromatic rings. The summed E-state index contributed by atoms with van der Waals surface area (Å²) in [4.78, 5) is 15.4. The second-order valence-corrected chi connectivity index (χ2v) is 9.64. The Morgan fingerprint density at radius 2 is 1.88 bits per heavy atom. The van der Waals surface area contributed by atoms with Crippen LogP contribution in [0.25, 0.3) is 5.69 Å². The fraction of sp³-hybridized carbons (Fsp3) is 0.357. The fourth-order valence-corrected chi connectivity index (χ4v) is 5.04. The molecule has 172 valence electrons. The number of carbonyl (C=O) groups is 1. The molecule has 33 heavy (non-hydrogen) atoms. The van der Waals surface area contributed by atoms with Crippen molar-refractivity contribution in [2.24, 2.45) is 5.10 Å². The van der Waals surface area contributed by atoms with E-state index in [4.69, 9.17) is 0 Å². The van der Waals surface area contributed by atoms with Crippen LogP contribution < -0.4 is 10.3 Å². The monoisotopic (exact) mass is 442 g/mol. The Hall–Kier alpha value is -3.34. The van der Waals surface area contributed by atoms with Gasteiger partial charge in [-0.15, -0.1) is 0 Å². The standard InChI is InChI=1S/C28H34N4O/c1-6-13-32-26-16-20(2)22(17-24(26)21(3)18-28(32,4)5)19-29-30-27(33)23-11-7-8-12-25(23)31-14-9-10-15-31/h7-12,14-17,19,21H,6,13,18H2,1-5H3,(H,30,33)/b29-19-. The highest BCUT2D eigenvalue weighted by atomic mass is 16.2. The van der Waals surface area contributed by atoms with Crippen LogP contribution >= 0.6 is 0 Å². The number of para-hydroxylation sites is 1. The summed E-state index contributed by atoms with van der Waals surface area (Å²) in [6.07, 6.45) is 7.86. The predicted molar refractivity (Wildman–Crippen MR) is 137 cm³/mol. The van der Waals surface area contributed by atoms with Gasteiger partial charge in [-0.25, -0.2) is 5.43 Å². The van der Waals surface area contributed by atoms with Gasteiger partial charge in [0, 0.05) is 30.2 Å². The van der Waals surface area contributed by atoms with Gasteiger partial charge in [-0.1, -0.05) is 26.0 Å². The lowest BCUT2D eigenvalue weighted by molar-refractivity contribution is 0.0955. The van der Waals surface area contributed by atoms with Gasteiger partial charge in [0.25, 0.3) is 5.91 Å². The molecule has 1 aliphatic heterocycles. The SMILES string of the molecule is CCCN1c2cc(C)c(/C=N\NC(=O)c3ccccc3-n3cccc3)cc2C(C)CC1(C)C. The zero-order valence-electron chi connectivity index (χ0n) is 20.3. The molecule has 0 radical (unpaired) electrons. The number of hydrazone groups is 1. The molecule has 2 heterocycles. The molecule has 1 aromatic heterocycles. The first-order chi connectivity index (χ1) is 15.8. The highest BCUT2D eigenvalue weighted by Crippen LogP contribution is 2.44. The molecule has 5 heteroatoms. The molecule has 0 aliphatic carbocycles. The third-order valence-electron chi connectivity index (χ3n) is 6.62. The van der Waals surface area contributed by atoms with E-state index in [1.165, 1.54) is 11.3 Å². The summed E-state index contributed by atoms with van der Waals surface area (Å²) in [6, 6.07) is 15.9. The minimum Gasteiger partial charge on any atom is -0.366 e. The van der Waals surface area contributed by atoms with Crippen molar-refractivity contribution in [2.75, 3.05) is 11.4 Å². The van der Waals surface area contributed by atoms with Gasteiger partial charge in [0.1, 0.15) is 0 Å². The Morgan fingerprint density at radius 3 is 2.61 bits per heavy atom. The van der Waals surface area contributed by atoms with Crippen molar-refractivity contribution in [1.82, 2.24) is 9.99 Å². The van der Waals surface area contributed by atoms with Crippen molar-refractivity contribution in [3.63, 3.8) is 0 Å². The van der Waals surface area contributed by atoms with Crippen LogP contribution in [0.1, 0.15) is 73.5 Å². The van der Waals surface area contributed by atoms with Gasteiger partial charge in [-0.2, -0.15) is 5.10 Å². The first-order valence-electron chi connectivity index (χ1n) is 11.8. The van der Waals surface area contributed by atoms with Gasteiger partial charge in [-0.05, 0) is 92.6 Å². The van der Waals surface area contributed by atoms with E-state index in [1.807, 2.05) is 53.4 Å². The summed E-state index contributed by atoms with van der Waals surface area (Å²) >= 11 is 0. The van der Waals surface area contributed by atoms with E-state index in [9.17, 15) is 4.79 Å². The number of hydrogen-bond donors (Lipinski definition) is 1.